The summed E-state index contributed by atoms with van der Waals surface area (Å²) in [7, 11) is -3.25. The lowest BCUT2D eigenvalue weighted by Gasteiger charge is -2.11. The number of imidazole rings is 1. The molecule has 20 heavy (non-hydrogen) atoms. The van der Waals surface area contributed by atoms with E-state index in [-0.39, 0.29) is 24.9 Å². The van der Waals surface area contributed by atoms with Gasteiger partial charge >= 0.3 is 0 Å². The highest BCUT2D eigenvalue weighted by Gasteiger charge is 2.13. The summed E-state index contributed by atoms with van der Waals surface area (Å²) < 4.78 is 25.9. The van der Waals surface area contributed by atoms with E-state index in [1.165, 1.54) is 11.3 Å². The van der Waals surface area contributed by atoms with Gasteiger partial charge in [-0.25, -0.2) is 18.1 Å². The first-order valence-corrected chi connectivity index (χ1v) is 8.78. The topological polar surface area (TPSA) is 92.6 Å². The van der Waals surface area contributed by atoms with Crippen LogP contribution in [0.4, 0.5) is 0 Å². The van der Waals surface area contributed by atoms with Crippen molar-refractivity contribution in [2.24, 2.45) is 0 Å². The van der Waals surface area contributed by atoms with Crippen LogP contribution in [-0.2, 0) is 14.8 Å². The summed E-state index contributed by atoms with van der Waals surface area (Å²) in [5.74, 6) is -0.218. The molecule has 9 heteroatoms. The number of nitrogens with one attached hydrogen (secondary N) is 2. The molecule has 1 atom stereocenters. The molecular weight excluding hydrogens is 300 g/mol. The van der Waals surface area contributed by atoms with Gasteiger partial charge in [-0.2, -0.15) is 0 Å². The second kappa shape index (κ2) is 5.90. The quantitative estimate of drug-likeness (QED) is 0.812. The van der Waals surface area contributed by atoms with Crippen molar-refractivity contribution in [2.45, 2.75) is 19.4 Å². The third-order valence-electron chi connectivity index (χ3n) is 2.65. The zero-order valence-electron chi connectivity index (χ0n) is 11.2. The van der Waals surface area contributed by atoms with E-state index >= 15 is 0 Å². The summed E-state index contributed by atoms with van der Waals surface area (Å²) in [5.41, 5.74) is 0.779. The number of sulfonamides is 1. The Morgan fingerprint density at radius 2 is 2.30 bits per heavy atom. The lowest BCUT2D eigenvalue weighted by Crippen LogP contribution is -2.31. The average Bonchev–Trinajstić information content (AvgIpc) is 2.86. The molecule has 2 aromatic heterocycles. The first-order chi connectivity index (χ1) is 9.35. The Kier molecular flexibility index (Phi) is 4.41. The van der Waals surface area contributed by atoms with Crippen molar-refractivity contribution in [3.8, 4) is 0 Å². The number of aromatic nitrogens is 2. The van der Waals surface area contributed by atoms with Crippen LogP contribution in [0.15, 0.2) is 17.8 Å². The minimum absolute atomic E-state index is 0.0929. The number of carbonyl (C=O) groups is 1. The molecule has 0 fully saturated rings. The zero-order chi connectivity index (χ0) is 14.8. The molecule has 2 rings (SSSR count). The van der Waals surface area contributed by atoms with Gasteiger partial charge in [0.2, 0.25) is 15.9 Å². The molecule has 0 aromatic carbocycles. The maximum Gasteiger partial charge on any atom is 0.221 e. The lowest BCUT2D eigenvalue weighted by molar-refractivity contribution is -0.121. The predicted octanol–water partition coefficient (Wildman–Crippen LogP) is 0.512. The first kappa shape index (κ1) is 14.9. The highest BCUT2D eigenvalue weighted by Crippen LogP contribution is 2.16. The average molecular weight is 316 g/mol. The number of amides is 1. The summed E-state index contributed by atoms with van der Waals surface area (Å²) >= 11 is 1.52. The van der Waals surface area contributed by atoms with E-state index in [0.29, 0.717) is 0 Å². The van der Waals surface area contributed by atoms with Crippen LogP contribution < -0.4 is 10.0 Å². The van der Waals surface area contributed by atoms with E-state index in [1.807, 2.05) is 29.1 Å². The number of rotatable bonds is 6. The van der Waals surface area contributed by atoms with Crippen molar-refractivity contribution in [2.75, 3.05) is 12.8 Å². The highest BCUT2D eigenvalue weighted by molar-refractivity contribution is 7.88. The summed E-state index contributed by atoms with van der Waals surface area (Å²) in [5, 5.41) is 4.72. The maximum absolute atomic E-state index is 11.7. The smallest absolute Gasteiger partial charge is 0.221 e. The van der Waals surface area contributed by atoms with Crippen molar-refractivity contribution < 1.29 is 13.2 Å². The standard InChI is InChI=1S/C11H16N4O3S2/c1-8(9-7-15-5-6-19-11(15)14-9)13-10(16)3-4-12-20(2,17)18/h5-8,12H,3-4H2,1-2H3,(H,13,16)/t8-/m0/s1. The van der Waals surface area contributed by atoms with Crippen molar-refractivity contribution in [1.29, 1.82) is 0 Å². The van der Waals surface area contributed by atoms with Gasteiger partial charge in [0.15, 0.2) is 4.96 Å². The maximum atomic E-state index is 11.7. The lowest BCUT2D eigenvalue weighted by atomic mass is 10.2. The molecule has 2 heterocycles. The van der Waals surface area contributed by atoms with Gasteiger partial charge in [-0.05, 0) is 6.92 Å². The van der Waals surface area contributed by atoms with Crippen LogP contribution >= 0.6 is 11.3 Å². The Bertz CT molecular complexity index is 676. The highest BCUT2D eigenvalue weighted by atomic mass is 32.2. The third-order valence-corrected chi connectivity index (χ3v) is 4.15. The molecule has 2 N–H and O–H groups in total. The van der Waals surface area contributed by atoms with Crippen LogP contribution in [0.25, 0.3) is 4.96 Å². The van der Waals surface area contributed by atoms with E-state index in [9.17, 15) is 13.2 Å². The van der Waals surface area contributed by atoms with Crippen LogP contribution in [0.3, 0.4) is 0 Å². The van der Waals surface area contributed by atoms with Crippen molar-refractivity contribution in [3.63, 3.8) is 0 Å². The van der Waals surface area contributed by atoms with E-state index in [1.54, 1.807) is 0 Å². The predicted molar refractivity (Wildman–Crippen MR) is 77.1 cm³/mol. The number of hydrogen-bond donors (Lipinski definition) is 2. The Morgan fingerprint density at radius 3 is 2.95 bits per heavy atom. The molecule has 0 saturated carbocycles. The van der Waals surface area contributed by atoms with E-state index in [4.69, 9.17) is 0 Å². The van der Waals surface area contributed by atoms with Gasteiger partial charge in [-0.3, -0.25) is 9.20 Å². The van der Waals surface area contributed by atoms with E-state index in [0.717, 1.165) is 16.9 Å². The minimum atomic E-state index is -3.25. The van der Waals surface area contributed by atoms with E-state index < -0.39 is 10.0 Å². The molecule has 0 spiro atoms. The van der Waals surface area contributed by atoms with Gasteiger partial charge < -0.3 is 5.32 Å². The van der Waals surface area contributed by atoms with Gasteiger partial charge in [0.25, 0.3) is 0 Å². The molecule has 0 aliphatic carbocycles. The summed E-state index contributed by atoms with van der Waals surface area (Å²) in [6, 6.07) is -0.215. The number of thiazole rings is 1. The molecule has 1 amide bonds. The van der Waals surface area contributed by atoms with Crippen molar-refractivity contribution in [1.82, 2.24) is 19.4 Å². The molecule has 0 aliphatic rings. The number of fused-ring (bicyclic) bond motifs is 1. The van der Waals surface area contributed by atoms with Gasteiger partial charge in [0.05, 0.1) is 18.0 Å². The summed E-state index contributed by atoms with van der Waals surface area (Å²) in [4.78, 5) is 17.0. The van der Waals surface area contributed by atoms with Crippen LogP contribution in [0.5, 0.6) is 0 Å². The van der Waals surface area contributed by atoms with Gasteiger partial charge in [0, 0.05) is 30.7 Å². The van der Waals surface area contributed by atoms with E-state index in [2.05, 4.69) is 15.0 Å². The molecule has 0 bridgehead atoms. The number of hydrogen-bond acceptors (Lipinski definition) is 5. The fourth-order valence-electron chi connectivity index (χ4n) is 1.69. The second-order valence-electron chi connectivity index (χ2n) is 4.46. The summed E-state index contributed by atoms with van der Waals surface area (Å²) in [6.45, 7) is 1.93. The largest absolute Gasteiger partial charge is 0.348 e. The van der Waals surface area contributed by atoms with Crippen LogP contribution in [-0.4, -0.2) is 36.5 Å². The van der Waals surface area contributed by atoms with Crippen LogP contribution in [0, 0.1) is 0 Å². The molecule has 0 unspecified atom stereocenters. The van der Waals surface area contributed by atoms with Crippen LogP contribution in [0.2, 0.25) is 0 Å². The van der Waals surface area contributed by atoms with Crippen molar-refractivity contribution in [3.05, 3.63) is 23.5 Å². The molecular formula is C11H16N4O3S2. The third kappa shape index (κ3) is 4.02. The zero-order valence-corrected chi connectivity index (χ0v) is 12.8. The summed E-state index contributed by atoms with van der Waals surface area (Å²) in [6.07, 6.45) is 4.93. The van der Waals surface area contributed by atoms with Crippen molar-refractivity contribution >= 4 is 32.2 Å². The molecule has 0 aliphatic heterocycles. The normalized spacial score (nSPS) is 13.5. The Labute approximate surface area is 121 Å². The molecule has 0 saturated heterocycles. The Hall–Kier alpha value is -1.45. The second-order valence-corrected chi connectivity index (χ2v) is 7.17. The number of carbonyl (C=O) groups excluding carboxylic acids is 1. The SMILES string of the molecule is C[C@H](NC(=O)CCNS(C)(=O)=O)c1cn2ccsc2n1. The van der Waals surface area contributed by atoms with Gasteiger partial charge in [-0.15, -0.1) is 11.3 Å². The monoisotopic (exact) mass is 316 g/mol. The Balaban J connectivity index is 1.86. The molecule has 0 radical (unpaired) electrons. The number of nitrogens with zero attached hydrogens (tertiary/aromatic N) is 2. The van der Waals surface area contributed by atoms with Crippen LogP contribution in [0.1, 0.15) is 25.1 Å². The molecule has 7 nitrogen and oxygen atoms in total. The first-order valence-electron chi connectivity index (χ1n) is 6.01. The molecule has 2 aromatic rings. The molecule has 110 valence electrons. The Morgan fingerprint density at radius 1 is 1.55 bits per heavy atom. The minimum Gasteiger partial charge on any atom is -0.348 e. The fourth-order valence-corrected chi connectivity index (χ4v) is 2.87. The fraction of sp³-hybridized carbons (Fsp3) is 0.455. The van der Waals surface area contributed by atoms with Gasteiger partial charge in [-0.1, -0.05) is 0 Å². The van der Waals surface area contributed by atoms with Gasteiger partial charge in [0.1, 0.15) is 0 Å².